The molecular formula is C20H28ClIN4O2S. The van der Waals surface area contributed by atoms with Gasteiger partial charge in [-0.15, -0.1) is 24.0 Å². The third kappa shape index (κ3) is 8.49. The zero-order valence-electron chi connectivity index (χ0n) is 17.0. The predicted octanol–water partition coefficient (Wildman–Crippen LogP) is 3.90. The van der Waals surface area contributed by atoms with Gasteiger partial charge in [-0.1, -0.05) is 41.9 Å². The van der Waals surface area contributed by atoms with Crippen molar-refractivity contribution in [1.82, 2.24) is 15.4 Å². The highest BCUT2D eigenvalue weighted by Gasteiger charge is 2.24. The van der Waals surface area contributed by atoms with Crippen LogP contribution in [0.5, 0.6) is 0 Å². The molecule has 29 heavy (non-hydrogen) atoms. The lowest BCUT2D eigenvalue weighted by Gasteiger charge is -2.22. The number of rotatable bonds is 6. The van der Waals surface area contributed by atoms with Crippen molar-refractivity contribution in [1.29, 1.82) is 0 Å². The molecule has 6 nitrogen and oxygen atoms in total. The molecule has 2 rings (SSSR count). The summed E-state index contributed by atoms with van der Waals surface area (Å²) in [5, 5.41) is 7.05. The lowest BCUT2D eigenvalue weighted by atomic mass is 10.1. The highest BCUT2D eigenvalue weighted by molar-refractivity contribution is 14.0. The minimum Gasteiger partial charge on any atom is -0.352 e. The Morgan fingerprint density at radius 2 is 1.59 bits per heavy atom. The Labute approximate surface area is 195 Å². The molecule has 0 spiro atoms. The molecule has 0 atom stereocenters. The van der Waals surface area contributed by atoms with E-state index in [0.29, 0.717) is 29.6 Å². The van der Waals surface area contributed by atoms with Crippen molar-refractivity contribution in [3.63, 3.8) is 0 Å². The molecule has 0 aliphatic carbocycles. The van der Waals surface area contributed by atoms with E-state index in [1.807, 2.05) is 51.1 Å². The maximum absolute atomic E-state index is 12.7. The Balaban J connectivity index is 0.00000420. The van der Waals surface area contributed by atoms with Gasteiger partial charge in [0.25, 0.3) is 0 Å². The highest BCUT2D eigenvalue weighted by Crippen LogP contribution is 2.17. The molecule has 0 fully saturated rings. The van der Waals surface area contributed by atoms with Gasteiger partial charge in [-0.05, 0) is 50.1 Å². The lowest BCUT2D eigenvalue weighted by molar-refractivity contribution is 0.491. The average Bonchev–Trinajstić information content (AvgIpc) is 2.61. The fourth-order valence-electron chi connectivity index (χ4n) is 2.56. The number of hydrogen-bond donors (Lipinski definition) is 3. The van der Waals surface area contributed by atoms with Crippen LogP contribution in [0.2, 0.25) is 5.02 Å². The molecule has 0 aliphatic rings. The molecule has 2 aromatic carbocycles. The van der Waals surface area contributed by atoms with E-state index in [1.54, 1.807) is 25.2 Å². The third-order valence-electron chi connectivity index (χ3n) is 3.75. The van der Waals surface area contributed by atoms with Crippen LogP contribution in [0.15, 0.2) is 58.4 Å². The smallest absolute Gasteiger partial charge is 0.241 e. The van der Waals surface area contributed by atoms with Crippen LogP contribution in [0.25, 0.3) is 0 Å². The van der Waals surface area contributed by atoms with Gasteiger partial charge < -0.3 is 10.6 Å². The number of sulfonamides is 1. The quantitative estimate of drug-likeness (QED) is 0.289. The maximum atomic E-state index is 12.7. The summed E-state index contributed by atoms with van der Waals surface area (Å²) in [4.78, 5) is 4.45. The first-order valence-electron chi connectivity index (χ1n) is 8.91. The topological polar surface area (TPSA) is 82.6 Å². The molecule has 0 aliphatic heterocycles. The SMILES string of the molecule is CN=C(NCc1ccc(Cl)cc1)NCc1ccccc1S(=O)(=O)NC(C)(C)C.I. The van der Waals surface area contributed by atoms with Crippen molar-refractivity contribution >= 4 is 51.6 Å². The molecule has 0 saturated heterocycles. The molecule has 0 aromatic heterocycles. The first kappa shape index (κ1) is 25.7. The Morgan fingerprint density at radius 3 is 2.17 bits per heavy atom. The molecule has 0 unspecified atom stereocenters. The van der Waals surface area contributed by atoms with Crippen LogP contribution in [0.1, 0.15) is 31.9 Å². The molecular weight excluding hydrogens is 523 g/mol. The number of benzene rings is 2. The van der Waals surface area contributed by atoms with Crippen molar-refractivity contribution in [3.8, 4) is 0 Å². The molecule has 0 radical (unpaired) electrons. The molecule has 160 valence electrons. The summed E-state index contributed by atoms with van der Waals surface area (Å²) >= 11 is 5.90. The number of nitrogens with one attached hydrogen (secondary N) is 3. The number of hydrogen-bond acceptors (Lipinski definition) is 3. The fraction of sp³-hybridized carbons (Fsp3) is 0.350. The number of halogens is 2. The Hall–Kier alpha value is -1.36. The first-order valence-corrected chi connectivity index (χ1v) is 10.8. The second-order valence-corrected chi connectivity index (χ2v) is 9.46. The van der Waals surface area contributed by atoms with Gasteiger partial charge in [0.05, 0.1) is 4.90 Å². The van der Waals surface area contributed by atoms with Gasteiger partial charge in [0, 0.05) is 30.7 Å². The standard InChI is InChI=1S/C20H27ClN4O2S.HI/c1-20(2,3)25-28(26,27)18-8-6-5-7-16(18)14-24-19(22-4)23-13-15-9-11-17(21)12-10-15;/h5-12,25H,13-14H2,1-4H3,(H2,22,23,24);1H. The van der Waals surface area contributed by atoms with Gasteiger partial charge in [-0.3, -0.25) is 4.99 Å². The molecule has 9 heteroatoms. The lowest BCUT2D eigenvalue weighted by Crippen LogP contribution is -2.41. The van der Waals surface area contributed by atoms with Crippen molar-refractivity contribution in [2.45, 2.75) is 44.3 Å². The molecule has 0 heterocycles. The van der Waals surface area contributed by atoms with Gasteiger partial charge in [0.15, 0.2) is 5.96 Å². The Kier molecular flexibility index (Phi) is 9.87. The Morgan fingerprint density at radius 1 is 1.00 bits per heavy atom. The van der Waals surface area contributed by atoms with Gasteiger partial charge in [0.2, 0.25) is 10.0 Å². The second-order valence-electron chi connectivity index (χ2n) is 7.37. The van der Waals surface area contributed by atoms with Crippen LogP contribution in [0.4, 0.5) is 0 Å². The fourth-order valence-corrected chi connectivity index (χ4v) is 4.34. The largest absolute Gasteiger partial charge is 0.352 e. The number of aliphatic imine (C=N–C) groups is 1. The van der Waals surface area contributed by atoms with Crippen LogP contribution in [0, 0.1) is 0 Å². The van der Waals surface area contributed by atoms with Gasteiger partial charge in [0.1, 0.15) is 0 Å². The van der Waals surface area contributed by atoms with Crippen molar-refractivity contribution in [2.75, 3.05) is 7.05 Å². The van der Waals surface area contributed by atoms with Crippen LogP contribution in [-0.4, -0.2) is 27.0 Å². The summed E-state index contributed by atoms with van der Waals surface area (Å²) in [5.41, 5.74) is 1.16. The molecule has 0 saturated carbocycles. The normalized spacial score (nSPS) is 12.2. The first-order chi connectivity index (χ1) is 13.1. The van der Waals surface area contributed by atoms with Crippen molar-refractivity contribution in [2.24, 2.45) is 4.99 Å². The van der Waals surface area contributed by atoms with E-state index in [4.69, 9.17) is 11.6 Å². The minimum atomic E-state index is -3.63. The summed E-state index contributed by atoms with van der Waals surface area (Å²) in [6, 6.07) is 14.5. The highest BCUT2D eigenvalue weighted by atomic mass is 127. The zero-order valence-corrected chi connectivity index (χ0v) is 20.9. The summed E-state index contributed by atoms with van der Waals surface area (Å²) in [6.07, 6.45) is 0. The van der Waals surface area contributed by atoms with Crippen molar-refractivity contribution < 1.29 is 8.42 Å². The van der Waals surface area contributed by atoms with E-state index in [-0.39, 0.29) is 28.9 Å². The van der Waals surface area contributed by atoms with Gasteiger partial charge in [-0.2, -0.15) is 0 Å². The van der Waals surface area contributed by atoms with E-state index in [1.165, 1.54) is 0 Å². The molecule has 0 bridgehead atoms. The van der Waals surface area contributed by atoms with Crippen molar-refractivity contribution in [3.05, 3.63) is 64.7 Å². The van der Waals surface area contributed by atoms with Gasteiger partial charge >= 0.3 is 0 Å². The predicted molar refractivity (Wildman–Crippen MR) is 130 cm³/mol. The number of nitrogens with zero attached hydrogens (tertiary/aromatic N) is 1. The van der Waals surface area contributed by atoms with E-state index in [9.17, 15) is 8.42 Å². The molecule has 0 amide bonds. The summed E-state index contributed by atoms with van der Waals surface area (Å²) in [5.74, 6) is 0.575. The van der Waals surface area contributed by atoms with Gasteiger partial charge in [-0.25, -0.2) is 13.1 Å². The maximum Gasteiger partial charge on any atom is 0.241 e. The molecule has 3 N–H and O–H groups in total. The van der Waals surface area contributed by atoms with Crippen LogP contribution >= 0.6 is 35.6 Å². The van der Waals surface area contributed by atoms with E-state index in [0.717, 1.165) is 5.56 Å². The van der Waals surface area contributed by atoms with E-state index >= 15 is 0 Å². The average molecular weight is 551 g/mol. The molecule has 2 aromatic rings. The van der Waals surface area contributed by atoms with E-state index < -0.39 is 15.6 Å². The zero-order chi connectivity index (χ0) is 20.8. The third-order valence-corrected chi connectivity index (χ3v) is 5.86. The monoisotopic (exact) mass is 550 g/mol. The minimum absolute atomic E-state index is 0. The van der Waals surface area contributed by atoms with Crippen LogP contribution in [-0.2, 0) is 23.1 Å². The Bertz CT molecular complexity index is 926. The summed E-state index contributed by atoms with van der Waals surface area (Å²) < 4.78 is 28.1. The second kappa shape index (κ2) is 11.1. The number of guanidine groups is 1. The van der Waals surface area contributed by atoms with Crippen LogP contribution < -0.4 is 15.4 Å². The summed E-state index contributed by atoms with van der Waals surface area (Å²) in [6.45, 7) is 6.33. The van der Waals surface area contributed by atoms with Crippen LogP contribution in [0.3, 0.4) is 0 Å². The summed E-state index contributed by atoms with van der Waals surface area (Å²) in [7, 11) is -1.96. The van der Waals surface area contributed by atoms with E-state index in [2.05, 4.69) is 20.3 Å².